The van der Waals surface area contributed by atoms with E-state index in [2.05, 4.69) is 40.1 Å². The second-order valence-electron chi connectivity index (χ2n) is 6.19. The molecule has 0 spiro atoms. The minimum atomic E-state index is 0. The van der Waals surface area contributed by atoms with Crippen LogP contribution in [0, 0.1) is 6.92 Å². The normalized spacial score (nSPS) is 15.2. The van der Waals surface area contributed by atoms with Gasteiger partial charge in [-0.25, -0.2) is 0 Å². The number of hydrogen-bond donors (Lipinski definition) is 0. The maximum absolute atomic E-state index is 12.2. The summed E-state index contributed by atoms with van der Waals surface area (Å²) in [4.78, 5) is 19.2. The maximum atomic E-state index is 12.2. The summed E-state index contributed by atoms with van der Waals surface area (Å²) in [7, 11) is 0. The van der Waals surface area contributed by atoms with Gasteiger partial charge in [-0.2, -0.15) is 0 Å². The Kier molecular flexibility index (Phi) is 9.69. The first-order valence-electron chi connectivity index (χ1n) is 8.29. The first kappa shape index (κ1) is 22.1. The van der Waals surface area contributed by atoms with Crippen LogP contribution in [0.15, 0.2) is 42.5 Å². The van der Waals surface area contributed by atoms with E-state index >= 15 is 0 Å². The lowest BCUT2D eigenvalue weighted by Gasteiger charge is -2.34. The van der Waals surface area contributed by atoms with Gasteiger partial charge in [0.1, 0.15) is 0 Å². The lowest BCUT2D eigenvalue weighted by Crippen LogP contribution is -2.46. The van der Waals surface area contributed by atoms with Crippen LogP contribution in [0.25, 0.3) is 0 Å². The van der Waals surface area contributed by atoms with E-state index in [-0.39, 0.29) is 30.6 Å². The second kappa shape index (κ2) is 10.9. The Labute approximate surface area is 166 Å². The molecule has 0 amide bonds. The lowest BCUT2D eigenvalue weighted by molar-refractivity contribution is 0.0926. The van der Waals surface area contributed by atoms with Crippen LogP contribution in [0.2, 0.25) is 0 Å². The number of ketones is 1. The number of piperazine rings is 1. The molecule has 1 aromatic heterocycles. The van der Waals surface area contributed by atoms with Gasteiger partial charge in [0.05, 0.1) is 4.88 Å². The van der Waals surface area contributed by atoms with Crippen LogP contribution in [0.1, 0.15) is 26.5 Å². The Bertz CT molecular complexity index is 640. The van der Waals surface area contributed by atoms with Crippen molar-refractivity contribution in [1.82, 2.24) is 9.80 Å². The number of carbonyl (C=O) groups is 1. The fraction of sp³-hybridized carbons (Fsp3) is 0.421. The summed E-state index contributed by atoms with van der Waals surface area (Å²) in [5.74, 6) is 0.287. The summed E-state index contributed by atoms with van der Waals surface area (Å²) in [6.45, 7) is 8.25. The number of benzene rings is 1. The van der Waals surface area contributed by atoms with Gasteiger partial charge in [-0.15, -0.1) is 36.2 Å². The van der Waals surface area contributed by atoms with E-state index in [4.69, 9.17) is 0 Å². The monoisotopic (exact) mass is 400 g/mol. The molecule has 0 radical (unpaired) electrons. The molecule has 0 saturated carbocycles. The van der Waals surface area contributed by atoms with Crippen molar-refractivity contribution in [1.29, 1.82) is 0 Å². The molecule has 2 aromatic rings. The fourth-order valence-electron chi connectivity index (χ4n) is 2.98. The summed E-state index contributed by atoms with van der Waals surface area (Å²) in [5.41, 5.74) is 1.38. The van der Waals surface area contributed by atoms with Gasteiger partial charge in [0.25, 0.3) is 0 Å². The van der Waals surface area contributed by atoms with E-state index in [9.17, 15) is 4.79 Å². The van der Waals surface area contributed by atoms with E-state index in [1.165, 1.54) is 10.4 Å². The maximum Gasteiger partial charge on any atom is 0.174 e. The van der Waals surface area contributed by atoms with E-state index in [1.54, 1.807) is 11.3 Å². The molecule has 0 atom stereocenters. The zero-order valence-corrected chi connectivity index (χ0v) is 17.0. The van der Waals surface area contributed by atoms with Gasteiger partial charge in [-0.05, 0) is 24.6 Å². The van der Waals surface area contributed by atoms with Crippen LogP contribution in [-0.2, 0) is 6.54 Å². The fourth-order valence-corrected chi connectivity index (χ4v) is 3.81. The molecule has 1 aliphatic rings. The summed E-state index contributed by atoms with van der Waals surface area (Å²) in [6.07, 6.45) is 0.638. The highest BCUT2D eigenvalue weighted by Crippen LogP contribution is 2.17. The van der Waals surface area contributed by atoms with Crippen LogP contribution in [0.4, 0.5) is 0 Å². The molecule has 1 aromatic carbocycles. The van der Waals surface area contributed by atoms with Crippen LogP contribution in [0.5, 0.6) is 0 Å². The molecule has 0 N–H and O–H groups in total. The molecule has 6 heteroatoms. The second-order valence-corrected chi connectivity index (χ2v) is 7.47. The van der Waals surface area contributed by atoms with Gasteiger partial charge in [-0.1, -0.05) is 30.3 Å². The first-order valence-corrected chi connectivity index (χ1v) is 9.10. The number of aryl methyl sites for hydroxylation is 1. The third-order valence-electron chi connectivity index (χ3n) is 4.38. The molecular formula is C19H26Cl2N2OS. The molecule has 0 bridgehead atoms. The molecule has 3 nitrogen and oxygen atoms in total. The molecular weight excluding hydrogens is 375 g/mol. The third kappa shape index (κ3) is 6.72. The molecule has 1 aliphatic heterocycles. The Balaban J connectivity index is 0.00000156. The number of nitrogens with zero attached hydrogens (tertiary/aromatic N) is 2. The van der Waals surface area contributed by atoms with E-state index < -0.39 is 0 Å². The van der Waals surface area contributed by atoms with Crippen molar-refractivity contribution >= 4 is 41.9 Å². The average molecular weight is 401 g/mol. The molecule has 25 heavy (non-hydrogen) atoms. The van der Waals surface area contributed by atoms with Crippen LogP contribution >= 0.6 is 36.2 Å². The van der Waals surface area contributed by atoms with E-state index in [0.29, 0.717) is 6.42 Å². The van der Waals surface area contributed by atoms with Crippen molar-refractivity contribution < 1.29 is 4.79 Å². The average Bonchev–Trinajstić information content (AvgIpc) is 3.01. The third-order valence-corrected chi connectivity index (χ3v) is 5.43. The van der Waals surface area contributed by atoms with E-state index in [0.717, 1.165) is 44.1 Å². The summed E-state index contributed by atoms with van der Waals surface area (Å²) >= 11 is 1.61. The highest BCUT2D eigenvalue weighted by molar-refractivity contribution is 7.14. The van der Waals surface area contributed by atoms with Crippen molar-refractivity contribution in [3.8, 4) is 0 Å². The topological polar surface area (TPSA) is 23.6 Å². The van der Waals surface area contributed by atoms with Crippen molar-refractivity contribution in [2.45, 2.75) is 19.9 Å². The Morgan fingerprint density at radius 1 is 0.960 bits per heavy atom. The molecule has 0 aliphatic carbocycles. The Morgan fingerprint density at radius 2 is 1.60 bits per heavy atom. The number of Topliss-reactive ketones (excluding diaryl/α,β-unsaturated/α-hetero) is 1. The highest BCUT2D eigenvalue weighted by Gasteiger charge is 2.18. The van der Waals surface area contributed by atoms with Gasteiger partial charge in [-0.3, -0.25) is 9.69 Å². The zero-order chi connectivity index (χ0) is 16.1. The number of carbonyl (C=O) groups excluding carboxylic acids is 1. The number of thiophene rings is 1. The van der Waals surface area contributed by atoms with Crippen LogP contribution in [-0.4, -0.2) is 48.3 Å². The summed E-state index contributed by atoms with van der Waals surface area (Å²) in [6, 6.07) is 14.6. The lowest BCUT2D eigenvalue weighted by atomic mass is 10.2. The molecule has 138 valence electrons. The standard InChI is InChI=1S/C19H24N2OS.2ClH/c1-16-7-8-19(23-16)18(22)9-10-20-11-13-21(14-12-20)15-17-5-3-2-4-6-17;;/h2-8H,9-15H2,1H3;2*1H. The SMILES string of the molecule is Cc1ccc(C(=O)CCN2CCN(Cc3ccccc3)CC2)s1.Cl.Cl. The summed E-state index contributed by atoms with van der Waals surface area (Å²) < 4.78 is 0. The first-order chi connectivity index (χ1) is 11.2. The predicted molar refractivity (Wildman–Crippen MR) is 111 cm³/mol. The minimum absolute atomic E-state index is 0. The van der Waals surface area contributed by atoms with Crippen LogP contribution < -0.4 is 0 Å². The molecule has 3 rings (SSSR count). The summed E-state index contributed by atoms with van der Waals surface area (Å²) in [5, 5.41) is 0. The van der Waals surface area contributed by atoms with Crippen molar-refractivity contribution in [2.75, 3.05) is 32.7 Å². The molecule has 1 saturated heterocycles. The van der Waals surface area contributed by atoms with Gasteiger partial charge < -0.3 is 4.90 Å². The van der Waals surface area contributed by atoms with Crippen LogP contribution in [0.3, 0.4) is 0 Å². The van der Waals surface area contributed by atoms with Crippen molar-refractivity contribution in [2.24, 2.45) is 0 Å². The zero-order valence-electron chi connectivity index (χ0n) is 14.5. The van der Waals surface area contributed by atoms with Gasteiger partial charge in [0, 0.05) is 50.6 Å². The predicted octanol–water partition coefficient (Wildman–Crippen LogP) is 4.29. The minimum Gasteiger partial charge on any atom is -0.300 e. The van der Waals surface area contributed by atoms with Crippen molar-refractivity contribution in [3.63, 3.8) is 0 Å². The highest BCUT2D eigenvalue weighted by atomic mass is 35.5. The number of halogens is 2. The number of rotatable bonds is 6. The van der Waals surface area contributed by atoms with Gasteiger partial charge in [0.15, 0.2) is 5.78 Å². The largest absolute Gasteiger partial charge is 0.300 e. The molecule has 0 unspecified atom stereocenters. The molecule has 2 heterocycles. The van der Waals surface area contributed by atoms with Gasteiger partial charge in [0.2, 0.25) is 0 Å². The van der Waals surface area contributed by atoms with Crippen molar-refractivity contribution in [3.05, 3.63) is 57.8 Å². The van der Waals surface area contributed by atoms with Gasteiger partial charge >= 0.3 is 0 Å². The van der Waals surface area contributed by atoms with E-state index in [1.807, 2.05) is 19.1 Å². The smallest absolute Gasteiger partial charge is 0.174 e. The number of hydrogen-bond acceptors (Lipinski definition) is 4. The molecule has 1 fully saturated rings. The Morgan fingerprint density at radius 3 is 2.20 bits per heavy atom. The Hall–Kier alpha value is -0.910. The quantitative estimate of drug-likeness (QED) is 0.675.